The number of halogens is 1. The number of aryl methyl sites for hydroxylation is 1. The molecule has 1 aromatic carbocycles. The Hall–Kier alpha value is -1.33. The highest BCUT2D eigenvalue weighted by molar-refractivity contribution is 9.10. The number of rotatable bonds is 4. The topological polar surface area (TPSA) is 53.1 Å². The Morgan fingerprint density at radius 2 is 2.17 bits per heavy atom. The number of methoxy groups -OCH3 is 1. The lowest BCUT2D eigenvalue weighted by Crippen LogP contribution is -2.04. The van der Waals surface area contributed by atoms with Crippen LogP contribution in [0, 0.1) is 6.92 Å². The van der Waals surface area contributed by atoms with Crippen LogP contribution in [0.3, 0.4) is 0 Å². The normalized spacial score (nSPS) is 10.8. The lowest BCUT2D eigenvalue weighted by atomic mass is 10.2. The number of nitrogens with two attached hydrogens (primary N) is 1. The van der Waals surface area contributed by atoms with Crippen molar-refractivity contribution >= 4 is 21.7 Å². The van der Waals surface area contributed by atoms with Gasteiger partial charge in [-0.25, -0.2) is 4.68 Å². The van der Waals surface area contributed by atoms with Gasteiger partial charge >= 0.3 is 0 Å². The van der Waals surface area contributed by atoms with Crippen LogP contribution in [0.2, 0.25) is 0 Å². The predicted octanol–water partition coefficient (Wildman–Crippen LogP) is 2.71. The van der Waals surface area contributed by atoms with E-state index in [1.807, 2.05) is 31.2 Å². The molecule has 0 amide bonds. The summed E-state index contributed by atoms with van der Waals surface area (Å²) in [6.45, 7) is 2.69. The van der Waals surface area contributed by atoms with Crippen LogP contribution in [-0.2, 0) is 11.2 Å². The second-order valence-electron chi connectivity index (χ2n) is 4.15. The zero-order valence-corrected chi connectivity index (χ0v) is 12.1. The van der Waals surface area contributed by atoms with Crippen molar-refractivity contribution in [2.24, 2.45) is 0 Å². The third-order valence-corrected chi connectivity index (χ3v) is 3.23. The molecule has 5 heteroatoms. The summed E-state index contributed by atoms with van der Waals surface area (Å²) in [7, 11) is 1.68. The lowest BCUT2D eigenvalue weighted by Gasteiger charge is -2.08. The van der Waals surface area contributed by atoms with Gasteiger partial charge in [-0.3, -0.25) is 0 Å². The van der Waals surface area contributed by atoms with Gasteiger partial charge in [-0.2, -0.15) is 5.10 Å². The Morgan fingerprint density at radius 1 is 1.39 bits per heavy atom. The van der Waals surface area contributed by atoms with Gasteiger partial charge in [0, 0.05) is 24.1 Å². The fourth-order valence-corrected chi connectivity index (χ4v) is 2.30. The molecule has 2 rings (SSSR count). The molecule has 0 aliphatic rings. The van der Waals surface area contributed by atoms with Gasteiger partial charge in [0.2, 0.25) is 0 Å². The lowest BCUT2D eigenvalue weighted by molar-refractivity contribution is 0.201. The van der Waals surface area contributed by atoms with Crippen molar-refractivity contribution in [2.45, 2.75) is 13.3 Å². The first-order valence-electron chi connectivity index (χ1n) is 5.71. The first-order valence-corrected chi connectivity index (χ1v) is 6.51. The van der Waals surface area contributed by atoms with Gasteiger partial charge in [-0.05, 0) is 30.7 Å². The number of aromatic nitrogens is 2. The number of nitrogens with zero attached hydrogens (tertiary/aromatic N) is 2. The maximum absolute atomic E-state index is 6.00. The number of hydrogen-bond acceptors (Lipinski definition) is 3. The van der Waals surface area contributed by atoms with Gasteiger partial charge in [-0.15, -0.1) is 0 Å². The molecule has 0 spiro atoms. The molecule has 2 aromatic rings. The Balaban J connectivity index is 2.35. The quantitative estimate of drug-likeness (QED) is 0.944. The highest BCUT2D eigenvalue weighted by Gasteiger charge is 2.09. The van der Waals surface area contributed by atoms with E-state index in [2.05, 4.69) is 21.0 Å². The van der Waals surface area contributed by atoms with Crippen LogP contribution in [0.1, 0.15) is 11.3 Å². The summed E-state index contributed by atoms with van der Waals surface area (Å²) in [5.41, 5.74) is 9.06. The number of hydrogen-bond donors (Lipinski definition) is 1. The van der Waals surface area contributed by atoms with Crippen LogP contribution in [0.4, 0.5) is 5.82 Å². The second kappa shape index (κ2) is 5.54. The maximum Gasteiger partial charge on any atom is 0.127 e. The van der Waals surface area contributed by atoms with Gasteiger partial charge < -0.3 is 10.5 Å². The second-order valence-corrected chi connectivity index (χ2v) is 5.06. The van der Waals surface area contributed by atoms with Crippen LogP contribution >= 0.6 is 15.9 Å². The van der Waals surface area contributed by atoms with Crippen LogP contribution in [0.25, 0.3) is 5.69 Å². The first-order chi connectivity index (χ1) is 8.61. The Kier molecular flexibility index (Phi) is 4.04. The molecule has 0 unspecified atom stereocenters. The molecule has 0 atom stereocenters. The molecular weight excluding hydrogens is 294 g/mol. The summed E-state index contributed by atoms with van der Waals surface area (Å²) in [4.78, 5) is 0. The predicted molar refractivity (Wildman–Crippen MR) is 76.0 cm³/mol. The van der Waals surface area contributed by atoms with Gasteiger partial charge in [0.25, 0.3) is 0 Å². The standard InChI is InChI=1S/C13H16BrN3O/c1-9-7-10(14)3-4-12(9)17-13(15)8-11(16-17)5-6-18-2/h3-4,7-8H,5-6,15H2,1-2H3. The molecule has 4 nitrogen and oxygen atoms in total. The number of anilines is 1. The average Bonchev–Trinajstić information content (AvgIpc) is 2.68. The first kappa shape index (κ1) is 13.1. The van der Waals surface area contributed by atoms with Gasteiger partial charge in [0.15, 0.2) is 0 Å². The van der Waals surface area contributed by atoms with Crippen molar-refractivity contribution in [2.75, 3.05) is 19.5 Å². The molecule has 0 radical (unpaired) electrons. The van der Waals surface area contributed by atoms with Crippen molar-refractivity contribution in [3.8, 4) is 5.69 Å². The number of nitrogen functional groups attached to an aromatic ring is 1. The summed E-state index contributed by atoms with van der Waals surface area (Å²) >= 11 is 3.45. The Morgan fingerprint density at radius 3 is 2.83 bits per heavy atom. The zero-order valence-electron chi connectivity index (χ0n) is 10.5. The van der Waals surface area contributed by atoms with Crippen LogP contribution in [0.15, 0.2) is 28.7 Å². The third-order valence-electron chi connectivity index (χ3n) is 2.74. The molecule has 1 heterocycles. The van der Waals surface area contributed by atoms with E-state index in [9.17, 15) is 0 Å². The Bertz CT molecular complexity index is 551. The monoisotopic (exact) mass is 309 g/mol. The van der Waals surface area contributed by atoms with Crippen molar-refractivity contribution in [1.82, 2.24) is 9.78 Å². The fraction of sp³-hybridized carbons (Fsp3) is 0.308. The summed E-state index contributed by atoms with van der Waals surface area (Å²) in [6.07, 6.45) is 0.767. The molecule has 96 valence electrons. The fourth-order valence-electron chi connectivity index (χ4n) is 1.83. The number of benzene rings is 1. The molecule has 2 N–H and O–H groups in total. The van der Waals surface area contributed by atoms with Crippen LogP contribution in [-0.4, -0.2) is 23.5 Å². The molecule has 0 saturated heterocycles. The summed E-state index contributed by atoms with van der Waals surface area (Å²) < 4.78 is 7.86. The van der Waals surface area contributed by atoms with Gasteiger partial charge in [0.05, 0.1) is 18.0 Å². The van der Waals surface area contributed by atoms with Crippen molar-refractivity contribution in [1.29, 1.82) is 0 Å². The van der Waals surface area contributed by atoms with Crippen molar-refractivity contribution < 1.29 is 4.74 Å². The summed E-state index contributed by atoms with van der Waals surface area (Å²) in [5.74, 6) is 0.645. The molecular formula is C13H16BrN3O. The van der Waals surface area contributed by atoms with E-state index in [1.54, 1.807) is 11.8 Å². The molecule has 0 saturated carbocycles. The molecule has 18 heavy (non-hydrogen) atoms. The summed E-state index contributed by atoms with van der Waals surface area (Å²) in [5, 5.41) is 4.50. The maximum atomic E-state index is 6.00. The smallest absolute Gasteiger partial charge is 0.127 e. The molecule has 0 aliphatic carbocycles. The van der Waals surface area contributed by atoms with Crippen molar-refractivity contribution in [3.05, 3.63) is 40.0 Å². The minimum absolute atomic E-state index is 0.645. The van der Waals surface area contributed by atoms with Crippen molar-refractivity contribution in [3.63, 3.8) is 0 Å². The largest absolute Gasteiger partial charge is 0.384 e. The third kappa shape index (κ3) is 2.73. The van der Waals surface area contributed by atoms with Crippen LogP contribution < -0.4 is 5.73 Å². The Labute approximate surface area is 115 Å². The van der Waals surface area contributed by atoms with E-state index >= 15 is 0 Å². The van der Waals surface area contributed by atoms with E-state index in [0.717, 1.165) is 27.8 Å². The van der Waals surface area contributed by atoms with E-state index in [1.165, 1.54) is 0 Å². The zero-order chi connectivity index (χ0) is 13.1. The van der Waals surface area contributed by atoms with E-state index < -0.39 is 0 Å². The molecule has 0 fully saturated rings. The average molecular weight is 310 g/mol. The highest BCUT2D eigenvalue weighted by atomic mass is 79.9. The van der Waals surface area contributed by atoms with E-state index in [4.69, 9.17) is 10.5 Å². The highest BCUT2D eigenvalue weighted by Crippen LogP contribution is 2.22. The SMILES string of the molecule is COCCc1cc(N)n(-c2ccc(Br)cc2C)n1. The van der Waals surface area contributed by atoms with E-state index in [0.29, 0.717) is 12.4 Å². The van der Waals surface area contributed by atoms with Crippen LogP contribution in [0.5, 0.6) is 0 Å². The summed E-state index contributed by atoms with van der Waals surface area (Å²) in [6, 6.07) is 7.92. The molecule has 0 bridgehead atoms. The molecule has 0 aliphatic heterocycles. The minimum Gasteiger partial charge on any atom is -0.384 e. The van der Waals surface area contributed by atoms with Gasteiger partial charge in [0.1, 0.15) is 5.82 Å². The minimum atomic E-state index is 0.645. The molecule has 1 aromatic heterocycles. The number of ether oxygens (including phenoxy) is 1. The van der Waals surface area contributed by atoms with E-state index in [-0.39, 0.29) is 0 Å². The van der Waals surface area contributed by atoms with Gasteiger partial charge in [-0.1, -0.05) is 15.9 Å².